The number of aromatic nitrogens is 2. The molecule has 1 atom stereocenters. The second kappa shape index (κ2) is 6.67. The highest BCUT2D eigenvalue weighted by Gasteiger charge is 2.51. The molecule has 4 rings (SSSR count). The lowest BCUT2D eigenvalue weighted by Gasteiger charge is -2.13. The molecule has 25 heavy (non-hydrogen) atoms. The summed E-state index contributed by atoms with van der Waals surface area (Å²) >= 11 is 13.8. The zero-order valence-corrected chi connectivity index (χ0v) is 15.7. The Morgan fingerprint density at radius 3 is 2.52 bits per heavy atom. The number of thioether (sulfide) groups is 1. The van der Waals surface area contributed by atoms with Crippen molar-refractivity contribution in [3.8, 4) is 0 Å². The van der Waals surface area contributed by atoms with E-state index < -0.39 is 4.33 Å². The molecule has 1 aliphatic carbocycles. The maximum absolute atomic E-state index is 13.0. The first kappa shape index (κ1) is 17.0. The van der Waals surface area contributed by atoms with Gasteiger partial charge < -0.3 is 0 Å². The molecule has 128 valence electrons. The van der Waals surface area contributed by atoms with Gasteiger partial charge in [0.25, 0.3) is 5.56 Å². The van der Waals surface area contributed by atoms with Crippen LogP contribution in [0.4, 0.5) is 0 Å². The van der Waals surface area contributed by atoms with Crippen LogP contribution in [0.3, 0.4) is 0 Å². The van der Waals surface area contributed by atoms with Crippen molar-refractivity contribution in [2.45, 2.75) is 22.5 Å². The summed E-state index contributed by atoms with van der Waals surface area (Å²) in [5.41, 5.74) is 1.77. The van der Waals surface area contributed by atoms with Crippen LogP contribution in [-0.4, -0.2) is 19.6 Å². The van der Waals surface area contributed by atoms with E-state index in [1.54, 1.807) is 16.3 Å². The minimum atomic E-state index is -0.617. The van der Waals surface area contributed by atoms with Gasteiger partial charge in [-0.1, -0.05) is 54.2 Å². The van der Waals surface area contributed by atoms with E-state index in [1.165, 1.54) is 0 Å². The van der Waals surface area contributed by atoms with Crippen LogP contribution in [0.15, 0.2) is 64.5 Å². The second-order valence-corrected chi connectivity index (χ2v) is 8.79. The van der Waals surface area contributed by atoms with Gasteiger partial charge in [0.2, 0.25) is 0 Å². The molecule has 0 spiro atoms. The predicted molar refractivity (Wildman–Crippen MR) is 105 cm³/mol. The molecule has 3 nitrogen and oxygen atoms in total. The van der Waals surface area contributed by atoms with Gasteiger partial charge in [-0.15, -0.1) is 23.2 Å². The third-order valence-electron chi connectivity index (χ3n) is 4.38. The summed E-state index contributed by atoms with van der Waals surface area (Å²) < 4.78 is 1.13. The standard InChI is InChI=1S/C19H16Cl2N2OS/c20-19(21)10-14(19)12-25-18-22-16-9-5-4-8-15(16)17(24)23(18)11-13-6-2-1-3-7-13/h1-9,14H,10-12H2/t14-/m0/s1. The number of para-hydroxylation sites is 1. The summed E-state index contributed by atoms with van der Waals surface area (Å²) in [6, 6.07) is 17.4. The van der Waals surface area contributed by atoms with E-state index in [1.807, 2.05) is 54.6 Å². The molecular formula is C19H16Cl2N2OS. The average Bonchev–Trinajstić information content (AvgIpc) is 3.23. The highest BCUT2D eigenvalue weighted by Crippen LogP contribution is 2.54. The fourth-order valence-corrected chi connectivity index (χ4v) is 4.72. The Labute approximate surface area is 160 Å². The quantitative estimate of drug-likeness (QED) is 0.358. The Morgan fingerprint density at radius 2 is 1.80 bits per heavy atom. The Bertz CT molecular complexity index is 972. The average molecular weight is 391 g/mol. The number of benzene rings is 2. The molecule has 1 aliphatic rings. The van der Waals surface area contributed by atoms with Crippen LogP contribution in [-0.2, 0) is 6.54 Å². The molecule has 6 heteroatoms. The van der Waals surface area contributed by atoms with Crippen molar-refractivity contribution in [2.24, 2.45) is 5.92 Å². The number of hydrogen-bond donors (Lipinski definition) is 0. The predicted octanol–water partition coefficient (Wildman–Crippen LogP) is 4.73. The topological polar surface area (TPSA) is 34.9 Å². The van der Waals surface area contributed by atoms with E-state index in [9.17, 15) is 4.79 Å². The first-order valence-corrected chi connectivity index (χ1v) is 9.83. The van der Waals surface area contributed by atoms with E-state index in [4.69, 9.17) is 28.2 Å². The smallest absolute Gasteiger partial charge is 0.262 e. The van der Waals surface area contributed by atoms with Gasteiger partial charge >= 0.3 is 0 Å². The van der Waals surface area contributed by atoms with Crippen LogP contribution < -0.4 is 5.56 Å². The van der Waals surface area contributed by atoms with E-state index in [-0.39, 0.29) is 11.5 Å². The zero-order chi connectivity index (χ0) is 17.4. The molecule has 0 bridgehead atoms. The number of alkyl halides is 2. The molecule has 1 heterocycles. The van der Waals surface area contributed by atoms with E-state index in [0.29, 0.717) is 17.1 Å². The van der Waals surface area contributed by atoms with Gasteiger partial charge in [0.05, 0.1) is 17.4 Å². The number of hydrogen-bond acceptors (Lipinski definition) is 3. The maximum atomic E-state index is 13.0. The first-order chi connectivity index (χ1) is 12.0. The summed E-state index contributed by atoms with van der Waals surface area (Å²) in [5, 5.41) is 1.35. The number of nitrogens with zero attached hydrogens (tertiary/aromatic N) is 2. The highest BCUT2D eigenvalue weighted by atomic mass is 35.5. The van der Waals surface area contributed by atoms with Gasteiger partial charge in [-0.3, -0.25) is 9.36 Å². The van der Waals surface area contributed by atoms with Crippen molar-refractivity contribution < 1.29 is 0 Å². The van der Waals surface area contributed by atoms with Crippen LogP contribution in [0, 0.1) is 5.92 Å². The Kier molecular flexibility index (Phi) is 4.52. The van der Waals surface area contributed by atoms with Crippen molar-refractivity contribution in [1.29, 1.82) is 0 Å². The van der Waals surface area contributed by atoms with E-state index in [2.05, 4.69) is 0 Å². The summed E-state index contributed by atoms with van der Waals surface area (Å²) in [6.07, 6.45) is 0.791. The Morgan fingerprint density at radius 1 is 1.12 bits per heavy atom. The Balaban J connectivity index is 1.73. The van der Waals surface area contributed by atoms with Crippen molar-refractivity contribution in [2.75, 3.05) is 5.75 Å². The van der Waals surface area contributed by atoms with E-state index >= 15 is 0 Å². The molecule has 1 aromatic heterocycles. The van der Waals surface area contributed by atoms with Gasteiger partial charge in [-0.25, -0.2) is 4.98 Å². The van der Waals surface area contributed by atoms with Crippen molar-refractivity contribution in [3.05, 3.63) is 70.5 Å². The van der Waals surface area contributed by atoms with E-state index in [0.717, 1.165) is 23.3 Å². The first-order valence-electron chi connectivity index (χ1n) is 8.09. The lowest BCUT2D eigenvalue weighted by molar-refractivity contribution is 0.657. The SMILES string of the molecule is O=c1c2ccccc2nc(SC[C@@H]2CC2(Cl)Cl)n1Cc1ccccc1. The summed E-state index contributed by atoms with van der Waals surface area (Å²) in [4.78, 5) is 17.7. The lowest BCUT2D eigenvalue weighted by atomic mass is 10.2. The van der Waals surface area contributed by atoms with Gasteiger partial charge in [-0.05, 0) is 24.1 Å². The van der Waals surface area contributed by atoms with Crippen LogP contribution in [0.2, 0.25) is 0 Å². The Hall–Kier alpha value is -1.49. The van der Waals surface area contributed by atoms with Crippen molar-refractivity contribution in [3.63, 3.8) is 0 Å². The second-order valence-electron chi connectivity index (χ2n) is 6.26. The molecule has 0 aliphatic heterocycles. The molecule has 1 saturated carbocycles. The molecule has 2 aromatic carbocycles. The van der Waals surface area contributed by atoms with Crippen molar-refractivity contribution in [1.82, 2.24) is 9.55 Å². The largest absolute Gasteiger partial charge is 0.283 e. The fraction of sp³-hybridized carbons (Fsp3) is 0.263. The van der Waals surface area contributed by atoms with Gasteiger partial charge in [0, 0.05) is 11.7 Å². The molecule has 3 aromatic rings. The van der Waals surface area contributed by atoms with Crippen LogP contribution in [0.25, 0.3) is 10.9 Å². The van der Waals surface area contributed by atoms with Crippen molar-refractivity contribution >= 4 is 45.9 Å². The minimum Gasteiger partial charge on any atom is -0.283 e. The van der Waals surface area contributed by atoms with Gasteiger partial charge in [0.15, 0.2) is 5.16 Å². The van der Waals surface area contributed by atoms with Crippen LogP contribution in [0.1, 0.15) is 12.0 Å². The molecular weight excluding hydrogens is 375 g/mol. The number of fused-ring (bicyclic) bond motifs is 1. The van der Waals surface area contributed by atoms with Gasteiger partial charge in [0.1, 0.15) is 4.33 Å². The third kappa shape index (κ3) is 3.57. The molecule has 1 fully saturated rings. The van der Waals surface area contributed by atoms with Crippen LogP contribution in [0.5, 0.6) is 0 Å². The highest BCUT2D eigenvalue weighted by molar-refractivity contribution is 7.99. The van der Waals surface area contributed by atoms with Crippen LogP contribution >= 0.6 is 35.0 Å². The number of rotatable bonds is 5. The summed E-state index contributed by atoms with van der Waals surface area (Å²) in [7, 11) is 0. The fourth-order valence-electron chi connectivity index (χ4n) is 2.79. The molecule has 0 radical (unpaired) electrons. The molecule has 0 N–H and O–H groups in total. The minimum absolute atomic E-state index is 0.0178. The maximum Gasteiger partial charge on any atom is 0.262 e. The lowest BCUT2D eigenvalue weighted by Crippen LogP contribution is -2.24. The molecule has 0 amide bonds. The summed E-state index contributed by atoms with van der Waals surface area (Å²) in [6.45, 7) is 0.497. The normalized spacial score (nSPS) is 18.4. The monoisotopic (exact) mass is 390 g/mol. The molecule has 0 saturated heterocycles. The summed E-state index contributed by atoms with van der Waals surface area (Å²) in [5.74, 6) is 1.00. The molecule has 0 unspecified atom stereocenters. The van der Waals surface area contributed by atoms with Gasteiger partial charge in [-0.2, -0.15) is 0 Å². The zero-order valence-electron chi connectivity index (χ0n) is 13.4. The third-order valence-corrected chi connectivity index (χ3v) is 6.44. The number of halogens is 2.